The number of halogens is 1. The van der Waals surface area contributed by atoms with Crippen LogP contribution in [0.4, 0.5) is 0 Å². The van der Waals surface area contributed by atoms with Crippen LogP contribution in [0.2, 0.25) is 9.85 Å². The molecule has 0 aliphatic carbocycles. The molecule has 0 N–H and O–H groups in total. The summed E-state index contributed by atoms with van der Waals surface area (Å²) in [6, 6.07) is 21.3. The number of rotatable bonds is 6. The van der Waals surface area contributed by atoms with Crippen molar-refractivity contribution in [1.29, 1.82) is 0 Å². The van der Waals surface area contributed by atoms with Crippen molar-refractivity contribution in [2.75, 3.05) is 6.61 Å². The molecular formula is C29H35ClN4O3SeSi. The van der Waals surface area contributed by atoms with Crippen LogP contribution in [0.25, 0.3) is 0 Å². The van der Waals surface area contributed by atoms with Gasteiger partial charge in [-0.1, -0.05) is 0 Å². The van der Waals surface area contributed by atoms with Gasteiger partial charge in [-0.15, -0.1) is 0 Å². The van der Waals surface area contributed by atoms with E-state index in [1.54, 1.807) is 6.34 Å². The minimum absolute atomic E-state index is 0.0626. The zero-order valence-corrected chi connectivity index (χ0v) is 26.4. The average Bonchev–Trinajstić information content (AvgIpc) is 3.56. The number of benzene rings is 2. The second-order valence-electron chi connectivity index (χ2n) is 11.9. The Morgan fingerprint density at radius 3 is 2.21 bits per heavy atom. The summed E-state index contributed by atoms with van der Waals surface area (Å²) in [7, 11) is -2.67. The van der Waals surface area contributed by atoms with Crippen molar-refractivity contribution in [1.82, 2.24) is 4.90 Å². The van der Waals surface area contributed by atoms with Crippen LogP contribution < -0.4 is 10.4 Å². The fraction of sp³-hybridized carbons (Fsp3) is 0.483. The topological polar surface area (TPSA) is 68.0 Å². The van der Waals surface area contributed by atoms with Crippen molar-refractivity contribution in [2.24, 2.45) is 15.0 Å². The number of hydrogen-bond acceptors (Lipinski definition) is 7. The summed E-state index contributed by atoms with van der Waals surface area (Å²) in [5.74, 6) is -0.662. The monoisotopic (exact) mass is 630 g/mol. The van der Waals surface area contributed by atoms with E-state index < -0.39 is 14.1 Å². The Hall–Kier alpha value is -1.84. The quantitative estimate of drug-likeness (QED) is 0.458. The van der Waals surface area contributed by atoms with Crippen LogP contribution in [0.3, 0.4) is 0 Å². The number of aliphatic imine (C=N–C) groups is 3. The third-order valence-corrected chi connectivity index (χ3v) is 16.5. The van der Waals surface area contributed by atoms with E-state index in [-0.39, 0.29) is 54.2 Å². The maximum absolute atomic E-state index is 7.36. The van der Waals surface area contributed by atoms with Gasteiger partial charge >= 0.3 is 244 Å². The van der Waals surface area contributed by atoms with E-state index in [0.717, 1.165) is 0 Å². The summed E-state index contributed by atoms with van der Waals surface area (Å²) in [4.78, 5) is 16.0. The molecule has 6 atom stereocenters. The Balaban J connectivity index is 1.32. The van der Waals surface area contributed by atoms with Gasteiger partial charge in [-0.25, -0.2) is 0 Å². The minimum atomic E-state index is -2.67. The molecule has 206 valence electrons. The van der Waals surface area contributed by atoms with Gasteiger partial charge in [0, 0.05) is 0 Å². The number of hydrogen-bond donors (Lipinski definition) is 0. The number of fused-ring (bicyclic) bond motifs is 2. The summed E-state index contributed by atoms with van der Waals surface area (Å²) >= 11 is 6.51. The Morgan fingerprint density at radius 1 is 0.974 bits per heavy atom. The predicted octanol–water partition coefficient (Wildman–Crippen LogP) is 3.63. The first kappa shape index (κ1) is 27.3. The molecule has 0 saturated carbocycles. The summed E-state index contributed by atoms with van der Waals surface area (Å²) in [5, 5.41) is 2.96. The van der Waals surface area contributed by atoms with Crippen molar-refractivity contribution < 1.29 is 13.9 Å². The van der Waals surface area contributed by atoms with Gasteiger partial charge < -0.3 is 0 Å². The Kier molecular flexibility index (Phi) is 7.16. The number of ether oxygens (including phenoxy) is 2. The summed E-state index contributed by atoms with van der Waals surface area (Å²) < 4.78 is 20.5. The normalized spacial score (nSPS) is 31.3. The van der Waals surface area contributed by atoms with E-state index in [2.05, 4.69) is 101 Å². The van der Waals surface area contributed by atoms with Gasteiger partial charge in [-0.3, -0.25) is 0 Å². The second-order valence-corrected chi connectivity index (χ2v) is 19.4. The van der Waals surface area contributed by atoms with Crippen LogP contribution in [0.5, 0.6) is 0 Å². The van der Waals surface area contributed by atoms with Crippen LogP contribution in [0.15, 0.2) is 75.6 Å². The zero-order valence-electron chi connectivity index (χ0n) is 22.9. The molecule has 2 aromatic rings. The van der Waals surface area contributed by atoms with Crippen molar-refractivity contribution in [3.63, 3.8) is 0 Å². The van der Waals surface area contributed by atoms with Crippen molar-refractivity contribution in [2.45, 2.75) is 79.6 Å². The van der Waals surface area contributed by atoms with Crippen molar-refractivity contribution >= 4 is 63.1 Å². The fourth-order valence-electron chi connectivity index (χ4n) is 6.25. The molecule has 39 heavy (non-hydrogen) atoms. The summed E-state index contributed by atoms with van der Waals surface area (Å²) in [5.41, 5.74) is 0. The molecule has 0 amide bonds. The molecule has 6 rings (SSSR count). The van der Waals surface area contributed by atoms with Crippen molar-refractivity contribution in [3.8, 4) is 0 Å². The molecule has 2 fully saturated rings. The van der Waals surface area contributed by atoms with Crippen LogP contribution >= 0.6 is 11.6 Å². The van der Waals surface area contributed by atoms with Crippen LogP contribution in [-0.4, -0.2) is 87.8 Å². The fourth-order valence-corrected chi connectivity index (χ4v) is 14.6. The van der Waals surface area contributed by atoms with Crippen molar-refractivity contribution in [3.05, 3.63) is 60.7 Å². The molecule has 4 aliphatic rings. The van der Waals surface area contributed by atoms with Gasteiger partial charge in [-0.2, -0.15) is 0 Å². The van der Waals surface area contributed by atoms with E-state index in [9.17, 15) is 0 Å². The third-order valence-electron chi connectivity index (χ3n) is 7.89. The van der Waals surface area contributed by atoms with Crippen LogP contribution in [0, 0.1) is 0 Å². The molecule has 0 radical (unpaired) electrons. The first-order chi connectivity index (χ1) is 18.6. The Labute approximate surface area is 243 Å². The van der Waals surface area contributed by atoms with Gasteiger partial charge in [0.15, 0.2) is 0 Å². The summed E-state index contributed by atoms with van der Waals surface area (Å²) in [6.07, 6.45) is 3.09. The first-order valence-corrected chi connectivity index (χ1v) is 17.7. The third kappa shape index (κ3) is 4.76. The molecule has 6 unspecified atom stereocenters. The van der Waals surface area contributed by atoms with Gasteiger partial charge in [0.1, 0.15) is 0 Å². The van der Waals surface area contributed by atoms with Gasteiger partial charge in [-0.05, 0) is 0 Å². The second kappa shape index (κ2) is 10.2. The Morgan fingerprint density at radius 2 is 1.59 bits per heavy atom. The molecule has 0 spiro atoms. The van der Waals surface area contributed by atoms with E-state index >= 15 is 0 Å². The predicted molar refractivity (Wildman–Crippen MR) is 160 cm³/mol. The zero-order chi connectivity index (χ0) is 27.4. The van der Waals surface area contributed by atoms with Crippen LogP contribution in [0.1, 0.15) is 34.6 Å². The first-order valence-electron chi connectivity index (χ1n) is 13.4. The van der Waals surface area contributed by atoms with E-state index in [1.165, 1.54) is 10.4 Å². The molecular weight excluding hydrogens is 595 g/mol. The van der Waals surface area contributed by atoms with E-state index in [4.69, 9.17) is 25.5 Å². The van der Waals surface area contributed by atoms with Gasteiger partial charge in [0.05, 0.1) is 0 Å². The molecule has 2 saturated heterocycles. The van der Waals surface area contributed by atoms with Crippen LogP contribution in [-0.2, 0) is 13.9 Å². The molecule has 2 aromatic carbocycles. The standard InChI is InChI=1S/C29H35ClN4O3SeSi/c1-28(2,3)39(19-12-8-6-9-13-19,20-14-10-7-11-15-20)35-16-21-23-24(37-29(4,5)36-23)27(38-21)34-18-33-22-25(30)31-17-32-26(22)34/h6-15,17-18,21-24,26-27H,16H2,1-5H3. The number of nitrogens with zero attached hydrogens (tertiary/aromatic N) is 4. The van der Waals surface area contributed by atoms with E-state index in [1.807, 2.05) is 20.2 Å². The van der Waals surface area contributed by atoms with Gasteiger partial charge in [0.25, 0.3) is 0 Å². The Bertz CT molecular complexity index is 1250. The van der Waals surface area contributed by atoms with E-state index in [0.29, 0.717) is 11.8 Å². The SMILES string of the molecule is CC1(C)OC2C(CO[Si](c3ccccc3)(c3ccccc3)C(C)(C)C)[Se]C(N3C=NC4C(Cl)=NC=NC43)C2O1. The average molecular weight is 630 g/mol. The molecule has 0 aromatic heterocycles. The molecule has 0 bridgehead atoms. The molecule has 4 aliphatic heterocycles. The molecule has 10 heteroatoms. The van der Waals surface area contributed by atoms with Gasteiger partial charge in [0.2, 0.25) is 0 Å². The molecule has 4 heterocycles. The summed E-state index contributed by atoms with van der Waals surface area (Å²) in [6.45, 7) is 11.6. The molecule has 7 nitrogen and oxygen atoms in total. The maximum atomic E-state index is 7.36.